The Morgan fingerprint density at radius 2 is 1.88 bits per heavy atom. The summed E-state index contributed by atoms with van der Waals surface area (Å²) in [4.78, 5) is 0. The number of nitrogens with two attached hydrogens (primary N) is 2. The Kier molecular flexibility index (Phi) is 3.83. The number of nitrogens with one attached hydrogen (secondary N) is 1. The van der Waals surface area contributed by atoms with Crippen LogP contribution in [-0.4, -0.2) is 7.11 Å². The first-order chi connectivity index (χ1) is 7.54. The molecule has 5 N–H and O–H groups in total. The third kappa shape index (κ3) is 2.95. The Labute approximate surface area is 95.6 Å². The maximum atomic E-state index is 5.82. The Morgan fingerprint density at radius 3 is 2.38 bits per heavy atom. The molecule has 0 aliphatic rings. The van der Waals surface area contributed by atoms with Crippen molar-refractivity contribution >= 4 is 11.4 Å². The van der Waals surface area contributed by atoms with Crippen molar-refractivity contribution in [2.45, 2.75) is 6.92 Å². The molecule has 4 heteroatoms. The third-order valence-corrected chi connectivity index (χ3v) is 2.19. The first-order valence-electron chi connectivity index (χ1n) is 4.86. The van der Waals surface area contributed by atoms with Crippen molar-refractivity contribution in [1.82, 2.24) is 0 Å². The lowest BCUT2D eigenvalue weighted by atomic mass is 10.2. The molecule has 0 bridgehead atoms. The molecule has 4 nitrogen and oxygen atoms in total. The van der Waals surface area contributed by atoms with Crippen molar-refractivity contribution < 1.29 is 4.74 Å². The average molecular weight is 219 g/mol. The fourth-order valence-corrected chi connectivity index (χ4v) is 1.17. The molecule has 0 fully saturated rings. The maximum absolute atomic E-state index is 5.82. The monoisotopic (exact) mass is 219 g/mol. The summed E-state index contributed by atoms with van der Waals surface area (Å²) in [7, 11) is 1.53. The van der Waals surface area contributed by atoms with E-state index in [0.29, 0.717) is 11.5 Å². The molecule has 0 heterocycles. The molecule has 0 aliphatic carbocycles. The van der Waals surface area contributed by atoms with Crippen LogP contribution in [0.15, 0.2) is 48.0 Å². The van der Waals surface area contributed by atoms with Gasteiger partial charge in [0.25, 0.3) is 0 Å². The van der Waals surface area contributed by atoms with E-state index in [4.69, 9.17) is 16.2 Å². The van der Waals surface area contributed by atoms with Crippen LogP contribution in [0.5, 0.6) is 0 Å². The summed E-state index contributed by atoms with van der Waals surface area (Å²) in [6, 6.07) is 7.39. The highest BCUT2D eigenvalue weighted by atomic mass is 16.5. The van der Waals surface area contributed by atoms with Crippen molar-refractivity contribution in [3.63, 3.8) is 0 Å². The average Bonchev–Trinajstić information content (AvgIpc) is 2.30. The second kappa shape index (κ2) is 5.11. The first-order valence-corrected chi connectivity index (χ1v) is 4.86. The number of ether oxygens (including phenoxy) is 1. The van der Waals surface area contributed by atoms with Crippen LogP contribution in [-0.2, 0) is 4.74 Å². The third-order valence-electron chi connectivity index (χ3n) is 2.19. The van der Waals surface area contributed by atoms with Gasteiger partial charge in [-0.3, -0.25) is 0 Å². The molecule has 0 atom stereocenters. The lowest BCUT2D eigenvalue weighted by Gasteiger charge is -2.11. The van der Waals surface area contributed by atoms with E-state index in [0.717, 1.165) is 17.1 Å². The number of rotatable bonds is 4. The van der Waals surface area contributed by atoms with Crippen LogP contribution in [0.25, 0.3) is 0 Å². The molecule has 16 heavy (non-hydrogen) atoms. The molecule has 0 saturated heterocycles. The van der Waals surface area contributed by atoms with Gasteiger partial charge in [-0.15, -0.1) is 0 Å². The summed E-state index contributed by atoms with van der Waals surface area (Å²) in [5.74, 6) is 0.445. The van der Waals surface area contributed by atoms with E-state index < -0.39 is 0 Å². The van der Waals surface area contributed by atoms with E-state index in [9.17, 15) is 0 Å². The summed E-state index contributed by atoms with van der Waals surface area (Å²) in [6.07, 6.45) is 0. The van der Waals surface area contributed by atoms with E-state index in [1.54, 1.807) is 0 Å². The molecule has 0 amide bonds. The van der Waals surface area contributed by atoms with Crippen molar-refractivity contribution in [1.29, 1.82) is 0 Å². The Morgan fingerprint density at radius 1 is 1.31 bits per heavy atom. The summed E-state index contributed by atoms with van der Waals surface area (Å²) in [5, 5.41) is 3.14. The van der Waals surface area contributed by atoms with Gasteiger partial charge in [0.15, 0.2) is 0 Å². The number of allylic oxidation sites excluding steroid dienone is 1. The van der Waals surface area contributed by atoms with Gasteiger partial charge < -0.3 is 21.5 Å². The quantitative estimate of drug-likeness (QED) is 0.411. The molecule has 1 aromatic rings. The number of hydrogen-bond acceptors (Lipinski definition) is 4. The van der Waals surface area contributed by atoms with Gasteiger partial charge >= 0.3 is 0 Å². The van der Waals surface area contributed by atoms with Crippen LogP contribution in [0.3, 0.4) is 0 Å². The van der Waals surface area contributed by atoms with E-state index in [1.165, 1.54) is 7.11 Å². The molecule has 1 rings (SSSR count). The minimum Gasteiger partial charge on any atom is -0.495 e. The molecule has 0 aromatic heterocycles. The molecule has 0 spiro atoms. The van der Waals surface area contributed by atoms with Gasteiger partial charge in [-0.25, -0.2) is 0 Å². The SMILES string of the molecule is C=C(OC)/C(N)=C(\C)Nc1ccc(N)cc1. The fraction of sp³-hybridized carbons (Fsp3) is 0.167. The standard InChI is InChI=1S/C12H17N3O/c1-8(12(14)9(2)16-3)15-11-6-4-10(13)5-7-11/h4-7,15H,2,13-14H2,1,3H3/b12-8-. The van der Waals surface area contributed by atoms with Crippen molar-refractivity contribution in [3.05, 3.63) is 48.0 Å². The van der Waals surface area contributed by atoms with Crippen LogP contribution in [0.2, 0.25) is 0 Å². The molecule has 0 saturated carbocycles. The predicted octanol–water partition coefficient (Wildman–Crippen LogP) is 2.03. The normalized spacial score (nSPS) is 11.6. The minimum atomic E-state index is 0.445. The lowest BCUT2D eigenvalue weighted by molar-refractivity contribution is 0.301. The Hall–Kier alpha value is -2.10. The summed E-state index contributed by atoms with van der Waals surface area (Å²) in [6.45, 7) is 5.54. The van der Waals surface area contributed by atoms with Crippen molar-refractivity contribution in [2.75, 3.05) is 18.2 Å². The largest absolute Gasteiger partial charge is 0.495 e. The van der Waals surface area contributed by atoms with Crippen LogP contribution >= 0.6 is 0 Å². The lowest BCUT2D eigenvalue weighted by Crippen LogP contribution is -2.10. The predicted molar refractivity (Wildman–Crippen MR) is 67.5 cm³/mol. The zero-order chi connectivity index (χ0) is 12.1. The number of methoxy groups -OCH3 is 1. The minimum absolute atomic E-state index is 0.445. The summed E-state index contributed by atoms with van der Waals surface area (Å²) in [5.41, 5.74) is 14.3. The van der Waals surface area contributed by atoms with Crippen LogP contribution in [0, 0.1) is 0 Å². The topological polar surface area (TPSA) is 73.3 Å². The van der Waals surface area contributed by atoms with E-state index in [2.05, 4.69) is 11.9 Å². The zero-order valence-electron chi connectivity index (χ0n) is 9.58. The molecular formula is C12H17N3O. The van der Waals surface area contributed by atoms with Gasteiger partial charge in [0.1, 0.15) is 5.76 Å². The number of hydrogen-bond donors (Lipinski definition) is 3. The second-order valence-corrected chi connectivity index (χ2v) is 3.41. The van der Waals surface area contributed by atoms with Crippen LogP contribution < -0.4 is 16.8 Å². The number of benzene rings is 1. The highest BCUT2D eigenvalue weighted by molar-refractivity contribution is 5.54. The van der Waals surface area contributed by atoms with E-state index >= 15 is 0 Å². The van der Waals surface area contributed by atoms with Crippen molar-refractivity contribution in [3.8, 4) is 0 Å². The molecule has 0 aliphatic heterocycles. The number of anilines is 2. The first kappa shape index (κ1) is 12.0. The molecule has 0 radical (unpaired) electrons. The van der Waals surface area contributed by atoms with Crippen LogP contribution in [0.4, 0.5) is 11.4 Å². The van der Waals surface area contributed by atoms with Gasteiger partial charge in [0.05, 0.1) is 12.8 Å². The van der Waals surface area contributed by atoms with E-state index in [1.807, 2.05) is 31.2 Å². The highest BCUT2D eigenvalue weighted by Gasteiger charge is 2.02. The van der Waals surface area contributed by atoms with Gasteiger partial charge in [-0.2, -0.15) is 0 Å². The van der Waals surface area contributed by atoms with Gasteiger partial charge in [0.2, 0.25) is 0 Å². The molecule has 1 aromatic carbocycles. The van der Waals surface area contributed by atoms with Gasteiger partial charge in [-0.05, 0) is 31.2 Å². The van der Waals surface area contributed by atoms with Gasteiger partial charge in [0, 0.05) is 17.1 Å². The summed E-state index contributed by atoms with van der Waals surface area (Å²) >= 11 is 0. The zero-order valence-corrected chi connectivity index (χ0v) is 9.58. The number of nitrogen functional groups attached to an aromatic ring is 1. The molecule has 0 unspecified atom stereocenters. The van der Waals surface area contributed by atoms with Crippen LogP contribution in [0.1, 0.15) is 6.92 Å². The fourth-order valence-electron chi connectivity index (χ4n) is 1.17. The molecule has 86 valence electrons. The Balaban J connectivity index is 2.81. The van der Waals surface area contributed by atoms with Crippen molar-refractivity contribution in [2.24, 2.45) is 5.73 Å². The smallest absolute Gasteiger partial charge is 0.136 e. The van der Waals surface area contributed by atoms with Gasteiger partial charge in [-0.1, -0.05) is 6.58 Å². The maximum Gasteiger partial charge on any atom is 0.136 e. The second-order valence-electron chi connectivity index (χ2n) is 3.41. The van der Waals surface area contributed by atoms with E-state index in [-0.39, 0.29) is 0 Å². The Bertz CT molecular complexity index is 407. The molecular weight excluding hydrogens is 202 g/mol. The highest BCUT2D eigenvalue weighted by Crippen LogP contribution is 2.15. The summed E-state index contributed by atoms with van der Waals surface area (Å²) < 4.78 is 4.95.